The van der Waals surface area contributed by atoms with Crippen LogP contribution in [-0.2, 0) is 10.0 Å². The zero-order valence-corrected chi connectivity index (χ0v) is 16.5. The molecule has 0 aliphatic heterocycles. The summed E-state index contributed by atoms with van der Waals surface area (Å²) in [7, 11) is -3.36. The second-order valence-corrected chi connectivity index (χ2v) is 8.43. The molecule has 3 rings (SSSR count). The van der Waals surface area contributed by atoms with Gasteiger partial charge in [0.2, 0.25) is 10.0 Å². The van der Waals surface area contributed by atoms with Crippen LogP contribution in [0.4, 0.5) is 5.69 Å². The van der Waals surface area contributed by atoms with Crippen molar-refractivity contribution in [3.05, 3.63) is 101 Å². The van der Waals surface area contributed by atoms with E-state index in [1.165, 1.54) is 0 Å². The summed E-state index contributed by atoms with van der Waals surface area (Å²) in [5.74, 6) is -0.236. The number of sulfonamides is 1. The minimum atomic E-state index is -3.36. The molecule has 144 valence electrons. The van der Waals surface area contributed by atoms with Gasteiger partial charge in [-0.3, -0.25) is 9.52 Å². The first-order valence-corrected chi connectivity index (χ1v) is 10.7. The van der Waals surface area contributed by atoms with E-state index in [9.17, 15) is 13.2 Å². The van der Waals surface area contributed by atoms with Crippen LogP contribution in [0.3, 0.4) is 0 Å². The summed E-state index contributed by atoms with van der Waals surface area (Å²) in [5, 5.41) is 3.08. The van der Waals surface area contributed by atoms with Crippen LogP contribution in [0.25, 0.3) is 0 Å². The molecule has 0 spiro atoms. The summed E-state index contributed by atoms with van der Waals surface area (Å²) in [6.07, 6.45) is 1.08. The molecule has 0 aromatic heterocycles. The Morgan fingerprint density at radius 2 is 1.39 bits per heavy atom. The number of hydrogen-bond donors (Lipinski definition) is 2. The maximum atomic E-state index is 12.8. The van der Waals surface area contributed by atoms with Crippen molar-refractivity contribution in [2.24, 2.45) is 0 Å². The Hall–Kier alpha value is -3.12. The lowest BCUT2D eigenvalue weighted by Gasteiger charge is -2.20. The summed E-state index contributed by atoms with van der Waals surface area (Å²) in [5.41, 5.74) is 3.98. The lowest BCUT2D eigenvalue weighted by Crippen LogP contribution is -2.29. The van der Waals surface area contributed by atoms with Crippen molar-refractivity contribution in [3.63, 3.8) is 0 Å². The van der Waals surface area contributed by atoms with Crippen LogP contribution in [0.1, 0.15) is 33.1 Å². The van der Waals surface area contributed by atoms with E-state index in [4.69, 9.17) is 0 Å². The number of carbonyl (C=O) groups is 1. The number of carbonyl (C=O) groups excluding carboxylic acids is 1. The zero-order chi connectivity index (χ0) is 20.1. The van der Waals surface area contributed by atoms with Gasteiger partial charge in [0.15, 0.2) is 0 Å². The Balaban J connectivity index is 1.84. The van der Waals surface area contributed by atoms with Crippen LogP contribution >= 0.6 is 0 Å². The molecular weight excluding hydrogens is 372 g/mol. The largest absolute Gasteiger partial charge is 0.341 e. The van der Waals surface area contributed by atoms with Gasteiger partial charge in [0.1, 0.15) is 0 Å². The van der Waals surface area contributed by atoms with E-state index in [1.54, 1.807) is 24.3 Å². The van der Waals surface area contributed by atoms with Crippen molar-refractivity contribution < 1.29 is 13.2 Å². The number of anilines is 1. The first-order valence-electron chi connectivity index (χ1n) is 8.82. The zero-order valence-electron chi connectivity index (χ0n) is 15.7. The van der Waals surface area contributed by atoms with Gasteiger partial charge in [0.25, 0.3) is 5.91 Å². The second kappa shape index (κ2) is 8.27. The molecule has 5 nitrogen and oxygen atoms in total. The quantitative estimate of drug-likeness (QED) is 0.666. The number of rotatable bonds is 6. The number of aryl methyl sites for hydroxylation is 1. The summed E-state index contributed by atoms with van der Waals surface area (Å²) >= 11 is 0. The van der Waals surface area contributed by atoms with Gasteiger partial charge in [-0.15, -0.1) is 0 Å². The third-order valence-corrected chi connectivity index (χ3v) is 4.88. The smallest absolute Gasteiger partial charge is 0.252 e. The molecule has 0 aliphatic rings. The highest BCUT2D eigenvalue weighted by Gasteiger charge is 2.18. The Kier molecular flexibility index (Phi) is 5.80. The van der Waals surface area contributed by atoms with E-state index in [2.05, 4.69) is 10.0 Å². The van der Waals surface area contributed by atoms with Crippen LogP contribution in [0, 0.1) is 6.92 Å². The molecule has 1 amide bonds. The fourth-order valence-electron chi connectivity index (χ4n) is 2.88. The lowest BCUT2D eigenvalue weighted by molar-refractivity contribution is 0.0943. The van der Waals surface area contributed by atoms with Gasteiger partial charge in [0, 0.05) is 11.3 Å². The molecule has 0 unspecified atom stereocenters. The summed E-state index contributed by atoms with van der Waals surface area (Å²) in [6, 6.07) is 23.9. The molecule has 0 heterocycles. The highest BCUT2D eigenvalue weighted by molar-refractivity contribution is 7.92. The summed E-state index contributed by atoms with van der Waals surface area (Å²) in [6.45, 7) is 2.02. The van der Waals surface area contributed by atoms with Gasteiger partial charge >= 0.3 is 0 Å². The van der Waals surface area contributed by atoms with Crippen molar-refractivity contribution in [2.45, 2.75) is 13.0 Å². The summed E-state index contributed by atoms with van der Waals surface area (Å²) in [4.78, 5) is 12.8. The fraction of sp³-hybridized carbons (Fsp3) is 0.136. The number of nitrogens with one attached hydrogen (secondary N) is 2. The number of hydrogen-bond acceptors (Lipinski definition) is 3. The molecule has 3 aromatic carbocycles. The SMILES string of the molecule is Cc1ccc([C@H](NC(=O)c2ccc(NS(C)(=O)=O)cc2)c2ccccc2)cc1. The van der Waals surface area contributed by atoms with Crippen LogP contribution in [0.15, 0.2) is 78.9 Å². The Labute approximate surface area is 165 Å². The molecule has 2 N–H and O–H groups in total. The normalized spacial score (nSPS) is 12.2. The maximum Gasteiger partial charge on any atom is 0.252 e. The average Bonchev–Trinajstić information content (AvgIpc) is 2.67. The molecule has 1 atom stereocenters. The first kappa shape index (κ1) is 19.6. The minimum absolute atomic E-state index is 0.236. The minimum Gasteiger partial charge on any atom is -0.341 e. The molecule has 6 heteroatoms. The third-order valence-electron chi connectivity index (χ3n) is 4.27. The van der Waals surface area contributed by atoms with Gasteiger partial charge in [-0.25, -0.2) is 8.42 Å². The van der Waals surface area contributed by atoms with Crippen molar-refractivity contribution in [2.75, 3.05) is 11.0 Å². The molecule has 0 radical (unpaired) electrons. The molecule has 0 fully saturated rings. The standard InChI is InChI=1S/C22H22N2O3S/c1-16-8-10-18(11-9-16)21(17-6-4-3-5-7-17)23-22(25)19-12-14-20(15-13-19)24-28(2,26)27/h3-15,21,24H,1-2H3,(H,23,25)/t21-/m1/s1. The van der Waals surface area contributed by atoms with E-state index < -0.39 is 10.0 Å². The Bertz CT molecular complexity index is 1050. The average molecular weight is 394 g/mol. The second-order valence-electron chi connectivity index (χ2n) is 6.68. The monoisotopic (exact) mass is 394 g/mol. The van der Waals surface area contributed by atoms with Crippen molar-refractivity contribution in [3.8, 4) is 0 Å². The van der Waals surface area contributed by atoms with E-state index in [1.807, 2.05) is 61.5 Å². The van der Waals surface area contributed by atoms with Gasteiger partial charge in [0.05, 0.1) is 12.3 Å². The highest BCUT2D eigenvalue weighted by atomic mass is 32.2. The van der Waals surface area contributed by atoms with E-state index in [0.717, 1.165) is 22.9 Å². The first-order chi connectivity index (χ1) is 13.3. The number of benzene rings is 3. The highest BCUT2D eigenvalue weighted by Crippen LogP contribution is 2.23. The maximum absolute atomic E-state index is 12.8. The lowest BCUT2D eigenvalue weighted by atomic mass is 9.97. The Morgan fingerprint density at radius 3 is 1.96 bits per heavy atom. The molecule has 0 saturated carbocycles. The third kappa shape index (κ3) is 5.20. The Morgan fingerprint density at radius 1 is 0.821 bits per heavy atom. The van der Waals surface area contributed by atoms with Gasteiger partial charge in [-0.1, -0.05) is 60.2 Å². The topological polar surface area (TPSA) is 75.3 Å². The van der Waals surface area contributed by atoms with Gasteiger partial charge < -0.3 is 5.32 Å². The predicted molar refractivity (Wildman–Crippen MR) is 112 cm³/mol. The van der Waals surface area contributed by atoms with Gasteiger partial charge in [-0.2, -0.15) is 0 Å². The van der Waals surface area contributed by atoms with E-state index >= 15 is 0 Å². The van der Waals surface area contributed by atoms with Crippen molar-refractivity contribution >= 4 is 21.6 Å². The van der Waals surface area contributed by atoms with Crippen LogP contribution in [-0.4, -0.2) is 20.6 Å². The molecule has 28 heavy (non-hydrogen) atoms. The van der Waals surface area contributed by atoms with E-state index in [-0.39, 0.29) is 11.9 Å². The summed E-state index contributed by atoms with van der Waals surface area (Å²) < 4.78 is 25.0. The molecule has 0 bridgehead atoms. The van der Waals surface area contributed by atoms with E-state index in [0.29, 0.717) is 11.3 Å². The molecule has 0 saturated heterocycles. The fourth-order valence-corrected chi connectivity index (χ4v) is 3.45. The molecular formula is C22H22N2O3S. The van der Waals surface area contributed by atoms with Crippen molar-refractivity contribution in [1.82, 2.24) is 5.32 Å². The number of amides is 1. The van der Waals surface area contributed by atoms with Crippen molar-refractivity contribution in [1.29, 1.82) is 0 Å². The molecule has 3 aromatic rings. The van der Waals surface area contributed by atoms with Gasteiger partial charge in [-0.05, 0) is 42.3 Å². The van der Waals surface area contributed by atoms with Crippen LogP contribution in [0.5, 0.6) is 0 Å². The van der Waals surface area contributed by atoms with Crippen LogP contribution in [0.2, 0.25) is 0 Å². The van der Waals surface area contributed by atoms with Crippen LogP contribution < -0.4 is 10.0 Å². The molecule has 0 aliphatic carbocycles. The predicted octanol–water partition coefficient (Wildman–Crippen LogP) is 3.89.